The molecular formula is C18H31N7O3. The molecule has 0 aliphatic carbocycles. The van der Waals surface area contributed by atoms with Crippen molar-refractivity contribution in [3.05, 3.63) is 11.6 Å². The SMILES string of the molecule is CN1CCN(C(=O)NCc2nnc3n2CCC3)[C@@H](CNC(=O)OC(C)(C)C)C1. The van der Waals surface area contributed by atoms with Crippen molar-refractivity contribution in [2.45, 2.75) is 58.3 Å². The number of carbonyl (C=O) groups excluding carboxylic acids is 2. The van der Waals surface area contributed by atoms with Gasteiger partial charge in [0.15, 0.2) is 5.82 Å². The normalized spacial score (nSPS) is 20.0. The lowest BCUT2D eigenvalue weighted by molar-refractivity contribution is 0.0486. The lowest BCUT2D eigenvalue weighted by Gasteiger charge is -2.40. The molecule has 28 heavy (non-hydrogen) atoms. The number of urea groups is 1. The fraction of sp³-hybridized carbons (Fsp3) is 0.778. The molecule has 3 heterocycles. The van der Waals surface area contributed by atoms with Crippen LogP contribution in [0.1, 0.15) is 38.8 Å². The molecule has 1 atom stereocenters. The van der Waals surface area contributed by atoms with Crippen molar-refractivity contribution in [2.24, 2.45) is 0 Å². The predicted molar refractivity (Wildman–Crippen MR) is 103 cm³/mol. The largest absolute Gasteiger partial charge is 0.444 e. The number of alkyl carbamates (subject to hydrolysis) is 1. The highest BCUT2D eigenvalue weighted by Gasteiger charge is 2.30. The van der Waals surface area contributed by atoms with Crippen molar-refractivity contribution in [2.75, 3.05) is 33.2 Å². The van der Waals surface area contributed by atoms with Crippen molar-refractivity contribution < 1.29 is 14.3 Å². The second-order valence-corrected chi connectivity index (χ2v) is 8.44. The summed E-state index contributed by atoms with van der Waals surface area (Å²) in [6.45, 7) is 9.13. The van der Waals surface area contributed by atoms with Gasteiger partial charge in [-0.3, -0.25) is 0 Å². The second-order valence-electron chi connectivity index (χ2n) is 8.44. The Bertz CT molecular complexity index is 713. The number of amides is 3. The quantitative estimate of drug-likeness (QED) is 0.775. The molecule has 3 amide bonds. The van der Waals surface area contributed by atoms with Gasteiger partial charge in [0.05, 0.1) is 12.6 Å². The highest BCUT2D eigenvalue weighted by atomic mass is 16.6. The Morgan fingerprint density at radius 2 is 1.96 bits per heavy atom. The van der Waals surface area contributed by atoms with Crippen LogP contribution in [0.4, 0.5) is 9.59 Å². The van der Waals surface area contributed by atoms with E-state index in [9.17, 15) is 9.59 Å². The highest BCUT2D eigenvalue weighted by Crippen LogP contribution is 2.14. The number of rotatable bonds is 4. The summed E-state index contributed by atoms with van der Waals surface area (Å²) in [7, 11) is 2.01. The topological polar surface area (TPSA) is 105 Å². The summed E-state index contributed by atoms with van der Waals surface area (Å²) in [5.41, 5.74) is -0.553. The number of hydrogen-bond donors (Lipinski definition) is 2. The standard InChI is InChI=1S/C18H31N7O3/c1-18(2,3)28-17(27)20-10-13-12-23(4)8-9-24(13)16(26)19-11-15-22-21-14-6-5-7-25(14)15/h13H,5-12H2,1-4H3,(H,19,26)(H,20,27)/t13-/m0/s1. The number of nitrogens with zero attached hydrogens (tertiary/aromatic N) is 5. The van der Waals surface area contributed by atoms with Crippen molar-refractivity contribution in [3.8, 4) is 0 Å². The van der Waals surface area contributed by atoms with Gasteiger partial charge in [0.25, 0.3) is 0 Å². The Balaban J connectivity index is 1.54. The first-order valence-corrected chi connectivity index (χ1v) is 9.84. The third-order valence-corrected chi connectivity index (χ3v) is 4.91. The number of piperazine rings is 1. The minimum Gasteiger partial charge on any atom is -0.444 e. The molecule has 0 saturated carbocycles. The number of likely N-dealkylation sites (N-methyl/N-ethyl adjacent to an activating group) is 1. The fourth-order valence-corrected chi connectivity index (χ4v) is 3.57. The molecule has 2 aliphatic rings. The molecule has 0 spiro atoms. The van der Waals surface area contributed by atoms with Crippen molar-refractivity contribution in [3.63, 3.8) is 0 Å². The van der Waals surface area contributed by atoms with E-state index in [1.54, 1.807) is 4.90 Å². The van der Waals surface area contributed by atoms with Crippen LogP contribution in [0.15, 0.2) is 0 Å². The van der Waals surface area contributed by atoms with Crippen LogP contribution in [0.5, 0.6) is 0 Å². The first kappa shape index (κ1) is 20.4. The summed E-state index contributed by atoms with van der Waals surface area (Å²) in [6.07, 6.45) is 1.54. The Morgan fingerprint density at radius 3 is 2.71 bits per heavy atom. The minimum absolute atomic E-state index is 0.129. The molecule has 1 fully saturated rings. The van der Waals surface area contributed by atoms with Gasteiger partial charge in [0.2, 0.25) is 0 Å². The number of aryl methyl sites for hydroxylation is 1. The molecule has 1 aromatic heterocycles. The molecule has 2 N–H and O–H groups in total. The number of fused-ring (bicyclic) bond motifs is 1. The van der Waals surface area contributed by atoms with E-state index in [1.807, 2.05) is 27.8 Å². The number of ether oxygens (including phenoxy) is 1. The van der Waals surface area contributed by atoms with Gasteiger partial charge >= 0.3 is 12.1 Å². The van der Waals surface area contributed by atoms with E-state index in [4.69, 9.17) is 4.74 Å². The highest BCUT2D eigenvalue weighted by molar-refractivity contribution is 5.75. The lowest BCUT2D eigenvalue weighted by Crippen LogP contribution is -2.60. The zero-order valence-corrected chi connectivity index (χ0v) is 17.2. The Hall–Kier alpha value is -2.36. The predicted octanol–water partition coefficient (Wildman–Crippen LogP) is 0.575. The summed E-state index contributed by atoms with van der Waals surface area (Å²) in [5.74, 6) is 1.78. The van der Waals surface area contributed by atoms with Crippen LogP contribution in [0.3, 0.4) is 0 Å². The molecule has 10 heteroatoms. The summed E-state index contributed by atoms with van der Waals surface area (Å²) in [4.78, 5) is 28.7. The molecule has 1 saturated heterocycles. The van der Waals surface area contributed by atoms with Gasteiger partial charge in [0.1, 0.15) is 11.4 Å². The second kappa shape index (κ2) is 8.34. The van der Waals surface area contributed by atoms with Gasteiger partial charge in [-0.2, -0.15) is 0 Å². The van der Waals surface area contributed by atoms with Crippen molar-refractivity contribution in [1.82, 2.24) is 35.2 Å². The van der Waals surface area contributed by atoms with Crippen LogP contribution in [-0.2, 0) is 24.2 Å². The van der Waals surface area contributed by atoms with Crippen LogP contribution < -0.4 is 10.6 Å². The third-order valence-electron chi connectivity index (χ3n) is 4.91. The zero-order valence-electron chi connectivity index (χ0n) is 17.2. The molecule has 0 aromatic carbocycles. The van der Waals surface area contributed by atoms with E-state index in [0.29, 0.717) is 26.2 Å². The average Bonchev–Trinajstić information content (AvgIpc) is 3.20. The molecular weight excluding hydrogens is 362 g/mol. The molecule has 3 rings (SSSR count). The van der Waals surface area contributed by atoms with Gasteiger partial charge in [0, 0.05) is 39.1 Å². The monoisotopic (exact) mass is 393 g/mol. The Labute approximate surface area is 165 Å². The molecule has 0 radical (unpaired) electrons. The first-order chi connectivity index (χ1) is 13.2. The molecule has 10 nitrogen and oxygen atoms in total. The summed E-state index contributed by atoms with van der Waals surface area (Å²) in [6, 6.07) is -0.283. The van der Waals surface area contributed by atoms with Gasteiger partial charge < -0.3 is 29.7 Å². The fourth-order valence-electron chi connectivity index (χ4n) is 3.57. The van der Waals surface area contributed by atoms with Crippen LogP contribution in [0.25, 0.3) is 0 Å². The van der Waals surface area contributed by atoms with E-state index in [0.717, 1.165) is 37.6 Å². The summed E-state index contributed by atoms with van der Waals surface area (Å²) in [5, 5.41) is 14.1. The lowest BCUT2D eigenvalue weighted by atomic mass is 10.2. The van der Waals surface area contributed by atoms with Gasteiger partial charge in [-0.1, -0.05) is 0 Å². The number of aromatic nitrogens is 3. The van der Waals surface area contributed by atoms with Crippen molar-refractivity contribution >= 4 is 12.1 Å². The number of nitrogens with one attached hydrogen (secondary N) is 2. The van der Waals surface area contributed by atoms with E-state index >= 15 is 0 Å². The van der Waals surface area contributed by atoms with Gasteiger partial charge in [-0.15, -0.1) is 10.2 Å². The average molecular weight is 393 g/mol. The van der Waals surface area contributed by atoms with Crippen molar-refractivity contribution in [1.29, 1.82) is 0 Å². The maximum atomic E-state index is 12.8. The maximum Gasteiger partial charge on any atom is 0.407 e. The van der Waals surface area contributed by atoms with E-state index in [-0.39, 0.29) is 12.1 Å². The van der Waals surface area contributed by atoms with Gasteiger partial charge in [-0.05, 0) is 34.2 Å². The maximum absolute atomic E-state index is 12.8. The number of carbonyl (C=O) groups is 2. The van der Waals surface area contributed by atoms with Crippen LogP contribution in [-0.4, -0.2) is 81.6 Å². The molecule has 156 valence electrons. The minimum atomic E-state index is -0.553. The molecule has 1 aromatic rings. The summed E-state index contributed by atoms with van der Waals surface area (Å²) < 4.78 is 7.36. The Kier molecular flexibility index (Phi) is 6.07. The smallest absolute Gasteiger partial charge is 0.407 e. The Morgan fingerprint density at radius 1 is 1.18 bits per heavy atom. The van der Waals surface area contributed by atoms with E-state index in [2.05, 4.69) is 30.3 Å². The number of hydrogen-bond acceptors (Lipinski definition) is 6. The molecule has 0 bridgehead atoms. The summed E-state index contributed by atoms with van der Waals surface area (Å²) >= 11 is 0. The van der Waals surface area contributed by atoms with E-state index < -0.39 is 11.7 Å². The first-order valence-electron chi connectivity index (χ1n) is 9.84. The van der Waals surface area contributed by atoms with E-state index in [1.165, 1.54) is 0 Å². The molecule has 0 unspecified atom stereocenters. The van der Waals surface area contributed by atoms with Crippen LogP contribution in [0, 0.1) is 0 Å². The molecule has 2 aliphatic heterocycles. The van der Waals surface area contributed by atoms with Gasteiger partial charge in [-0.25, -0.2) is 9.59 Å². The van der Waals surface area contributed by atoms with Crippen LogP contribution in [0.2, 0.25) is 0 Å². The third kappa shape index (κ3) is 5.12. The zero-order chi connectivity index (χ0) is 20.3. The van der Waals surface area contributed by atoms with Crippen LogP contribution >= 0.6 is 0 Å².